The first-order valence-corrected chi connectivity index (χ1v) is 6.75. The number of rotatable bonds is 6. The van der Waals surface area contributed by atoms with Crippen LogP contribution in [-0.2, 0) is 16.0 Å². The van der Waals surface area contributed by atoms with Gasteiger partial charge in [-0.3, -0.25) is 4.79 Å². The molecule has 0 bridgehead atoms. The lowest BCUT2D eigenvalue weighted by atomic mass is 10.3. The minimum Gasteiger partial charge on any atom is -0.369 e. The first-order valence-electron chi connectivity index (χ1n) is 5.55. The number of thiazole rings is 1. The first-order chi connectivity index (χ1) is 8.04. The fourth-order valence-corrected chi connectivity index (χ4v) is 2.40. The standard InChI is InChI=1S/C11H17ClN2O2S/c1-4-16-8(3)11(15)13-6-5-9-14-7(2)10(12)17-9/h8H,4-6H2,1-3H3,(H,13,15)/t8-/m1/s1. The molecule has 1 atom stereocenters. The Morgan fingerprint density at radius 3 is 2.88 bits per heavy atom. The molecule has 17 heavy (non-hydrogen) atoms. The van der Waals surface area contributed by atoms with Crippen LogP contribution in [0.4, 0.5) is 0 Å². The molecule has 0 saturated heterocycles. The van der Waals surface area contributed by atoms with Gasteiger partial charge in [0.25, 0.3) is 0 Å². The van der Waals surface area contributed by atoms with Gasteiger partial charge in [0.05, 0.1) is 10.7 Å². The van der Waals surface area contributed by atoms with E-state index in [9.17, 15) is 4.79 Å². The number of nitrogens with zero attached hydrogens (tertiary/aromatic N) is 1. The summed E-state index contributed by atoms with van der Waals surface area (Å²) in [6.07, 6.45) is 0.296. The van der Waals surface area contributed by atoms with E-state index in [0.717, 1.165) is 10.7 Å². The Hall–Kier alpha value is -0.650. The van der Waals surface area contributed by atoms with Crippen LogP contribution in [-0.4, -0.2) is 30.1 Å². The van der Waals surface area contributed by atoms with Crippen molar-refractivity contribution >= 4 is 28.8 Å². The highest BCUT2D eigenvalue weighted by Gasteiger charge is 2.12. The van der Waals surface area contributed by atoms with Gasteiger partial charge >= 0.3 is 0 Å². The summed E-state index contributed by atoms with van der Waals surface area (Å²) in [6.45, 7) is 6.57. The van der Waals surface area contributed by atoms with Gasteiger partial charge in [0.2, 0.25) is 5.91 Å². The number of amides is 1. The second-order valence-electron chi connectivity index (χ2n) is 3.61. The highest BCUT2D eigenvalue weighted by molar-refractivity contribution is 7.16. The molecular weight excluding hydrogens is 260 g/mol. The minimum atomic E-state index is -0.401. The Morgan fingerprint density at radius 1 is 1.65 bits per heavy atom. The van der Waals surface area contributed by atoms with Gasteiger partial charge in [-0.2, -0.15) is 0 Å². The lowest BCUT2D eigenvalue weighted by Gasteiger charge is -2.11. The summed E-state index contributed by atoms with van der Waals surface area (Å²) in [5, 5.41) is 3.75. The molecule has 6 heteroatoms. The van der Waals surface area contributed by atoms with Crippen LogP contribution >= 0.6 is 22.9 Å². The molecule has 0 spiro atoms. The summed E-state index contributed by atoms with van der Waals surface area (Å²) in [4.78, 5) is 15.8. The van der Waals surface area contributed by atoms with E-state index in [4.69, 9.17) is 16.3 Å². The average molecular weight is 277 g/mol. The molecule has 0 radical (unpaired) electrons. The number of carbonyl (C=O) groups excluding carboxylic acids is 1. The van der Waals surface area contributed by atoms with Gasteiger partial charge in [-0.1, -0.05) is 11.6 Å². The van der Waals surface area contributed by atoms with Gasteiger partial charge in [0, 0.05) is 19.6 Å². The fourth-order valence-electron chi connectivity index (χ4n) is 1.30. The van der Waals surface area contributed by atoms with E-state index in [2.05, 4.69) is 10.3 Å². The van der Waals surface area contributed by atoms with Crippen molar-refractivity contribution < 1.29 is 9.53 Å². The van der Waals surface area contributed by atoms with E-state index in [-0.39, 0.29) is 5.91 Å². The first kappa shape index (κ1) is 14.4. The lowest BCUT2D eigenvalue weighted by Crippen LogP contribution is -2.35. The molecule has 4 nitrogen and oxygen atoms in total. The molecule has 1 N–H and O–H groups in total. The number of ether oxygens (including phenoxy) is 1. The maximum absolute atomic E-state index is 11.5. The van der Waals surface area contributed by atoms with Crippen LogP contribution in [0.5, 0.6) is 0 Å². The number of aryl methyl sites for hydroxylation is 1. The zero-order chi connectivity index (χ0) is 12.8. The molecule has 1 aromatic rings. The molecule has 0 saturated carbocycles. The van der Waals surface area contributed by atoms with Crippen molar-refractivity contribution in [1.82, 2.24) is 10.3 Å². The van der Waals surface area contributed by atoms with Gasteiger partial charge in [0.15, 0.2) is 0 Å². The molecule has 0 fully saturated rings. The van der Waals surface area contributed by atoms with Crippen LogP contribution in [0.1, 0.15) is 24.5 Å². The predicted molar refractivity (Wildman–Crippen MR) is 69.7 cm³/mol. The summed E-state index contributed by atoms with van der Waals surface area (Å²) < 4.78 is 5.90. The van der Waals surface area contributed by atoms with Gasteiger partial charge < -0.3 is 10.1 Å². The highest BCUT2D eigenvalue weighted by Crippen LogP contribution is 2.23. The predicted octanol–water partition coefficient (Wildman–Crippen LogP) is 2.19. The van der Waals surface area contributed by atoms with E-state index in [1.165, 1.54) is 11.3 Å². The second-order valence-corrected chi connectivity index (χ2v) is 5.29. The van der Waals surface area contributed by atoms with Crippen LogP contribution in [0, 0.1) is 6.92 Å². The topological polar surface area (TPSA) is 51.2 Å². The van der Waals surface area contributed by atoms with Crippen LogP contribution in [0.15, 0.2) is 0 Å². The van der Waals surface area contributed by atoms with Gasteiger partial charge in [-0.15, -0.1) is 11.3 Å². The van der Waals surface area contributed by atoms with Crippen molar-refractivity contribution in [1.29, 1.82) is 0 Å². The average Bonchev–Trinajstić information content (AvgIpc) is 2.58. The van der Waals surface area contributed by atoms with E-state index in [1.807, 2.05) is 13.8 Å². The SMILES string of the molecule is CCO[C@H](C)C(=O)NCCc1nc(C)c(Cl)s1. The summed E-state index contributed by atoms with van der Waals surface area (Å²) in [5.74, 6) is -0.0915. The van der Waals surface area contributed by atoms with Crippen molar-refractivity contribution in [2.75, 3.05) is 13.2 Å². The zero-order valence-electron chi connectivity index (χ0n) is 10.2. The van der Waals surface area contributed by atoms with Gasteiger partial charge in [-0.05, 0) is 20.8 Å². The van der Waals surface area contributed by atoms with Crippen molar-refractivity contribution in [3.8, 4) is 0 Å². The largest absolute Gasteiger partial charge is 0.369 e. The summed E-state index contributed by atoms with van der Waals surface area (Å²) in [5.41, 5.74) is 0.848. The Morgan fingerprint density at radius 2 is 2.35 bits per heavy atom. The highest BCUT2D eigenvalue weighted by atomic mass is 35.5. The third-order valence-corrected chi connectivity index (χ3v) is 3.72. The number of hydrogen-bond acceptors (Lipinski definition) is 4. The third kappa shape index (κ3) is 4.61. The Bertz CT molecular complexity index is 362. The Kier molecular flexibility index (Phi) is 5.88. The Balaban J connectivity index is 2.30. The lowest BCUT2D eigenvalue weighted by molar-refractivity contribution is -0.131. The third-order valence-electron chi connectivity index (χ3n) is 2.21. The number of halogens is 1. The number of aromatic nitrogens is 1. The van der Waals surface area contributed by atoms with Crippen molar-refractivity contribution in [2.24, 2.45) is 0 Å². The molecule has 0 aliphatic heterocycles. The van der Waals surface area contributed by atoms with Crippen LogP contribution in [0.2, 0.25) is 4.34 Å². The molecule has 0 aliphatic carbocycles. The van der Waals surface area contributed by atoms with Crippen LogP contribution in [0.25, 0.3) is 0 Å². The molecule has 1 rings (SSSR count). The van der Waals surface area contributed by atoms with Crippen molar-refractivity contribution in [3.05, 3.63) is 15.0 Å². The quantitative estimate of drug-likeness (QED) is 0.866. The van der Waals surface area contributed by atoms with Crippen LogP contribution < -0.4 is 5.32 Å². The number of nitrogens with one attached hydrogen (secondary N) is 1. The zero-order valence-corrected chi connectivity index (χ0v) is 11.8. The molecule has 0 unspecified atom stereocenters. The summed E-state index contributed by atoms with van der Waals surface area (Å²) in [6, 6.07) is 0. The molecule has 1 amide bonds. The molecule has 0 aliphatic rings. The van der Waals surface area contributed by atoms with Crippen molar-refractivity contribution in [2.45, 2.75) is 33.3 Å². The van der Waals surface area contributed by atoms with Crippen molar-refractivity contribution in [3.63, 3.8) is 0 Å². The van der Waals surface area contributed by atoms with Crippen LogP contribution in [0.3, 0.4) is 0 Å². The van der Waals surface area contributed by atoms with Gasteiger partial charge in [-0.25, -0.2) is 4.98 Å². The maximum atomic E-state index is 11.5. The second kappa shape index (κ2) is 6.93. The molecule has 96 valence electrons. The van der Waals surface area contributed by atoms with Gasteiger partial charge in [0.1, 0.15) is 10.4 Å². The molecule has 0 aromatic carbocycles. The smallest absolute Gasteiger partial charge is 0.248 e. The molecule has 1 heterocycles. The van der Waals surface area contributed by atoms with E-state index < -0.39 is 6.10 Å². The Labute approximate surface area is 110 Å². The minimum absolute atomic E-state index is 0.0915. The van der Waals surface area contributed by atoms with E-state index in [1.54, 1.807) is 6.92 Å². The van der Waals surface area contributed by atoms with E-state index >= 15 is 0 Å². The summed E-state index contributed by atoms with van der Waals surface area (Å²) in [7, 11) is 0. The number of carbonyl (C=O) groups is 1. The monoisotopic (exact) mass is 276 g/mol. The molecule has 1 aromatic heterocycles. The summed E-state index contributed by atoms with van der Waals surface area (Å²) >= 11 is 7.37. The van der Waals surface area contributed by atoms with E-state index in [0.29, 0.717) is 23.9 Å². The maximum Gasteiger partial charge on any atom is 0.248 e. The fraction of sp³-hybridized carbons (Fsp3) is 0.636. The molecular formula is C11H17ClN2O2S. The normalized spacial score (nSPS) is 12.5. The number of hydrogen-bond donors (Lipinski definition) is 1.